The average Bonchev–Trinajstić information content (AvgIpc) is 2.60. The molecule has 0 saturated carbocycles. The molecule has 0 radical (unpaired) electrons. The molecule has 6 nitrogen and oxygen atoms in total. The highest BCUT2D eigenvalue weighted by Gasteiger charge is 2.29. The number of likely N-dealkylation sites (tertiary alicyclic amines) is 1. The predicted molar refractivity (Wildman–Crippen MR) is 105 cm³/mol. The number of benzene rings is 1. The van der Waals surface area contributed by atoms with Gasteiger partial charge in [0, 0.05) is 31.1 Å². The molecule has 1 aromatic rings. The lowest BCUT2D eigenvalue weighted by Crippen LogP contribution is -2.44. The summed E-state index contributed by atoms with van der Waals surface area (Å²) in [6, 6.07) is 4.79. The van der Waals surface area contributed by atoms with Crippen LogP contribution in [0.15, 0.2) is 18.2 Å². The van der Waals surface area contributed by atoms with Crippen LogP contribution in [0.1, 0.15) is 62.7 Å². The summed E-state index contributed by atoms with van der Waals surface area (Å²) in [5.41, 5.74) is 0.869. The van der Waals surface area contributed by atoms with Crippen molar-refractivity contribution in [3.05, 3.63) is 28.8 Å². The van der Waals surface area contributed by atoms with Crippen molar-refractivity contribution in [1.82, 2.24) is 4.90 Å². The molecule has 1 fully saturated rings. The molecular formula is C20H27ClN2O4. The maximum atomic E-state index is 13.1. The van der Waals surface area contributed by atoms with Crippen molar-refractivity contribution < 1.29 is 19.5 Å². The molecule has 1 aliphatic rings. The van der Waals surface area contributed by atoms with Crippen LogP contribution in [0.4, 0.5) is 5.69 Å². The van der Waals surface area contributed by atoms with Crippen molar-refractivity contribution in [1.29, 1.82) is 0 Å². The second-order valence-electron chi connectivity index (χ2n) is 7.42. The van der Waals surface area contributed by atoms with E-state index in [0.29, 0.717) is 35.7 Å². The molecular weight excluding hydrogens is 368 g/mol. The van der Waals surface area contributed by atoms with Gasteiger partial charge in [0.2, 0.25) is 5.91 Å². The zero-order valence-electron chi connectivity index (χ0n) is 15.8. The summed E-state index contributed by atoms with van der Waals surface area (Å²) in [5, 5.41) is 12.1. The van der Waals surface area contributed by atoms with Crippen LogP contribution >= 0.6 is 11.6 Å². The fraction of sp³-hybridized carbons (Fsp3) is 0.550. The van der Waals surface area contributed by atoms with E-state index in [1.54, 1.807) is 23.1 Å². The van der Waals surface area contributed by atoms with Crippen molar-refractivity contribution in [2.75, 3.05) is 11.9 Å². The van der Waals surface area contributed by atoms with E-state index in [2.05, 4.69) is 5.32 Å². The largest absolute Gasteiger partial charge is 0.481 e. The normalized spacial score (nSPS) is 17.0. The summed E-state index contributed by atoms with van der Waals surface area (Å²) < 4.78 is 0. The van der Waals surface area contributed by atoms with Crippen molar-refractivity contribution in [3.8, 4) is 0 Å². The van der Waals surface area contributed by atoms with Gasteiger partial charge in [-0.15, -0.1) is 0 Å². The molecule has 2 amide bonds. The van der Waals surface area contributed by atoms with Gasteiger partial charge >= 0.3 is 5.97 Å². The molecule has 27 heavy (non-hydrogen) atoms. The van der Waals surface area contributed by atoms with Gasteiger partial charge in [-0.05, 0) is 49.8 Å². The maximum Gasteiger partial charge on any atom is 0.303 e. The van der Waals surface area contributed by atoms with Crippen LogP contribution in [0.2, 0.25) is 5.02 Å². The van der Waals surface area contributed by atoms with Crippen molar-refractivity contribution in [3.63, 3.8) is 0 Å². The summed E-state index contributed by atoms with van der Waals surface area (Å²) in [7, 11) is 0. The van der Waals surface area contributed by atoms with Crippen LogP contribution in [0.5, 0.6) is 0 Å². The predicted octanol–water partition coefficient (Wildman–Crippen LogP) is 4.18. The maximum absolute atomic E-state index is 13.1. The van der Waals surface area contributed by atoms with E-state index in [4.69, 9.17) is 16.7 Å². The smallest absolute Gasteiger partial charge is 0.303 e. The van der Waals surface area contributed by atoms with E-state index < -0.39 is 5.97 Å². The number of carbonyl (C=O) groups is 3. The number of aliphatic carboxylic acids is 1. The van der Waals surface area contributed by atoms with Gasteiger partial charge in [-0.25, -0.2) is 0 Å². The molecule has 1 unspecified atom stereocenters. The zero-order chi connectivity index (χ0) is 20.0. The van der Waals surface area contributed by atoms with Gasteiger partial charge in [0.05, 0.1) is 10.6 Å². The van der Waals surface area contributed by atoms with Crippen LogP contribution in [-0.2, 0) is 9.59 Å². The summed E-state index contributed by atoms with van der Waals surface area (Å²) in [5.74, 6) is -0.944. The monoisotopic (exact) mass is 394 g/mol. The second-order valence-corrected chi connectivity index (χ2v) is 7.83. The summed E-state index contributed by atoms with van der Waals surface area (Å²) in [6.07, 6.45) is 3.53. The van der Waals surface area contributed by atoms with Gasteiger partial charge < -0.3 is 15.3 Å². The molecule has 1 aromatic carbocycles. The molecule has 1 heterocycles. The molecule has 148 valence electrons. The average molecular weight is 395 g/mol. The second kappa shape index (κ2) is 9.74. The highest BCUT2D eigenvalue weighted by molar-refractivity contribution is 6.34. The van der Waals surface area contributed by atoms with Crippen LogP contribution in [0.3, 0.4) is 0 Å². The number of hydrogen-bond donors (Lipinski definition) is 2. The van der Waals surface area contributed by atoms with Crippen molar-refractivity contribution >= 4 is 35.1 Å². The van der Waals surface area contributed by atoms with Crippen LogP contribution < -0.4 is 5.32 Å². The fourth-order valence-corrected chi connectivity index (χ4v) is 3.56. The van der Waals surface area contributed by atoms with E-state index in [1.807, 2.05) is 13.8 Å². The first-order chi connectivity index (χ1) is 12.8. The Hall–Kier alpha value is -2.08. The number of nitrogens with one attached hydrogen (secondary N) is 1. The van der Waals surface area contributed by atoms with E-state index in [-0.39, 0.29) is 30.2 Å². The number of carboxylic acid groups (broad SMARTS) is 1. The standard InChI is InChI=1S/C20H27ClN2O4/c1-13(2)11-18(24)22-14-6-8-17(21)16(12-14)20(27)23-10-4-3-5-15(23)7-9-19(25)26/h6,8,12-13,15H,3-5,7,9-11H2,1-2H3,(H,22,24)(H,25,26). The minimum absolute atomic E-state index is 0.0352. The van der Waals surface area contributed by atoms with E-state index in [9.17, 15) is 14.4 Å². The molecule has 2 N–H and O–H groups in total. The number of piperidine rings is 1. The van der Waals surface area contributed by atoms with Crippen molar-refractivity contribution in [2.45, 2.75) is 58.4 Å². The number of halogens is 1. The zero-order valence-corrected chi connectivity index (χ0v) is 16.6. The first-order valence-corrected chi connectivity index (χ1v) is 9.78. The Morgan fingerprint density at radius 1 is 1.30 bits per heavy atom. The Morgan fingerprint density at radius 3 is 2.70 bits per heavy atom. The Kier molecular flexibility index (Phi) is 7.66. The first-order valence-electron chi connectivity index (χ1n) is 9.40. The summed E-state index contributed by atoms with van der Waals surface area (Å²) >= 11 is 6.25. The number of amides is 2. The molecule has 1 aliphatic heterocycles. The molecule has 2 rings (SSSR count). The highest BCUT2D eigenvalue weighted by atomic mass is 35.5. The van der Waals surface area contributed by atoms with Gasteiger partial charge in [0.15, 0.2) is 0 Å². The van der Waals surface area contributed by atoms with Gasteiger partial charge in [-0.2, -0.15) is 0 Å². The van der Waals surface area contributed by atoms with Gasteiger partial charge in [-0.3, -0.25) is 14.4 Å². The minimum Gasteiger partial charge on any atom is -0.481 e. The lowest BCUT2D eigenvalue weighted by Gasteiger charge is -2.36. The number of carboxylic acids is 1. The molecule has 7 heteroatoms. The Morgan fingerprint density at radius 2 is 2.04 bits per heavy atom. The first kappa shape index (κ1) is 21.2. The summed E-state index contributed by atoms with van der Waals surface area (Å²) in [4.78, 5) is 37.7. The van der Waals surface area contributed by atoms with E-state index in [1.165, 1.54) is 0 Å². The van der Waals surface area contributed by atoms with Crippen LogP contribution in [0.25, 0.3) is 0 Å². The molecule has 0 aromatic heterocycles. The third-order valence-electron chi connectivity index (χ3n) is 4.65. The molecule has 1 atom stereocenters. The van der Waals surface area contributed by atoms with Crippen molar-refractivity contribution in [2.24, 2.45) is 5.92 Å². The summed E-state index contributed by atoms with van der Waals surface area (Å²) in [6.45, 7) is 4.51. The topological polar surface area (TPSA) is 86.7 Å². The molecule has 0 spiro atoms. The SMILES string of the molecule is CC(C)CC(=O)Nc1ccc(Cl)c(C(=O)N2CCCCC2CCC(=O)O)c1. The van der Waals surface area contributed by atoms with Crippen LogP contribution in [-0.4, -0.2) is 40.4 Å². The van der Waals surface area contributed by atoms with Gasteiger partial charge in [0.1, 0.15) is 0 Å². The number of carbonyl (C=O) groups excluding carboxylic acids is 2. The van der Waals surface area contributed by atoms with Crippen LogP contribution in [0, 0.1) is 5.92 Å². The molecule has 0 aliphatic carbocycles. The van der Waals surface area contributed by atoms with Gasteiger partial charge in [-0.1, -0.05) is 25.4 Å². The number of rotatable bonds is 7. The third kappa shape index (κ3) is 6.24. The molecule has 0 bridgehead atoms. The third-order valence-corrected chi connectivity index (χ3v) is 4.98. The minimum atomic E-state index is -0.860. The number of nitrogens with zero attached hydrogens (tertiary/aromatic N) is 1. The number of anilines is 1. The Bertz CT molecular complexity index is 705. The molecule has 1 saturated heterocycles. The lowest BCUT2D eigenvalue weighted by atomic mass is 9.96. The number of hydrogen-bond acceptors (Lipinski definition) is 3. The quantitative estimate of drug-likeness (QED) is 0.726. The Balaban J connectivity index is 2.16. The fourth-order valence-electron chi connectivity index (χ4n) is 3.36. The van der Waals surface area contributed by atoms with E-state index in [0.717, 1.165) is 19.3 Å². The van der Waals surface area contributed by atoms with E-state index >= 15 is 0 Å². The lowest BCUT2D eigenvalue weighted by molar-refractivity contribution is -0.137. The Labute approximate surface area is 164 Å². The van der Waals surface area contributed by atoms with Gasteiger partial charge in [0.25, 0.3) is 5.91 Å². The highest BCUT2D eigenvalue weighted by Crippen LogP contribution is 2.27.